The number of carboxylic acids is 1. The lowest BCUT2D eigenvalue weighted by atomic mass is 9.33. The van der Waals surface area contributed by atoms with Gasteiger partial charge in [-0.25, -0.2) is 4.79 Å². The van der Waals surface area contributed by atoms with Crippen LogP contribution in [0.3, 0.4) is 0 Å². The number of aliphatic hydroxyl groups is 1. The van der Waals surface area contributed by atoms with E-state index in [-0.39, 0.29) is 33.5 Å². The molecule has 5 aliphatic rings. The molecule has 4 fully saturated rings. The van der Waals surface area contributed by atoms with Gasteiger partial charge in [-0.2, -0.15) is 0 Å². The van der Waals surface area contributed by atoms with Crippen molar-refractivity contribution in [2.24, 2.45) is 50.2 Å². The van der Waals surface area contributed by atoms with E-state index in [4.69, 9.17) is 4.74 Å². The zero-order valence-electron chi connectivity index (χ0n) is 26.8. The monoisotopic (exact) mass is 576 g/mol. The van der Waals surface area contributed by atoms with Crippen LogP contribution in [0.2, 0.25) is 0 Å². The van der Waals surface area contributed by atoms with E-state index in [0.29, 0.717) is 23.8 Å². The number of aliphatic hydroxyl groups excluding tert-OH is 1. The van der Waals surface area contributed by atoms with Gasteiger partial charge in [0.15, 0.2) is 0 Å². The maximum absolute atomic E-state index is 13.2. The molecule has 0 aliphatic heterocycles. The van der Waals surface area contributed by atoms with Gasteiger partial charge in [0.1, 0.15) is 6.10 Å². The quantitative estimate of drug-likeness (QED) is 0.281. The maximum atomic E-state index is 13.2. The summed E-state index contributed by atoms with van der Waals surface area (Å²) in [5.41, 5.74) is 0.836. The minimum atomic E-state index is -0.729. The first-order valence-corrected chi connectivity index (χ1v) is 16.4. The van der Waals surface area contributed by atoms with Gasteiger partial charge >= 0.3 is 11.9 Å². The van der Waals surface area contributed by atoms with Gasteiger partial charge in [-0.3, -0.25) is 4.79 Å². The fraction of sp³-hybridized carbons (Fsp3) is 0.730. The summed E-state index contributed by atoms with van der Waals surface area (Å²) in [7, 11) is 0. The van der Waals surface area contributed by atoms with Crippen LogP contribution >= 0.6 is 0 Å². The fourth-order valence-electron chi connectivity index (χ4n) is 11.6. The fourth-order valence-corrected chi connectivity index (χ4v) is 11.6. The third-order valence-corrected chi connectivity index (χ3v) is 14.3. The van der Waals surface area contributed by atoms with Crippen molar-refractivity contribution in [1.29, 1.82) is 0 Å². The smallest absolute Gasteiger partial charge is 0.338 e. The Labute approximate surface area is 252 Å². The molecule has 5 aliphatic carbocycles. The summed E-state index contributed by atoms with van der Waals surface area (Å²) in [5, 5.41) is 22.3. The van der Waals surface area contributed by atoms with Crippen molar-refractivity contribution in [2.75, 3.05) is 0 Å². The van der Waals surface area contributed by atoms with Gasteiger partial charge in [-0.15, -0.1) is 0 Å². The Morgan fingerprint density at radius 3 is 2.19 bits per heavy atom. The highest BCUT2D eigenvalue weighted by Gasteiger charge is 2.70. The van der Waals surface area contributed by atoms with Crippen molar-refractivity contribution >= 4 is 11.9 Å². The Bertz CT molecular complexity index is 1300. The second kappa shape index (κ2) is 9.43. The molecule has 0 heterocycles. The average molecular weight is 577 g/mol. The Morgan fingerprint density at radius 2 is 1.52 bits per heavy atom. The molecule has 6 rings (SSSR count). The Hall–Kier alpha value is -2.14. The predicted molar refractivity (Wildman–Crippen MR) is 164 cm³/mol. The Kier molecular flexibility index (Phi) is 6.71. The number of rotatable bonds is 3. The maximum Gasteiger partial charge on any atom is 0.338 e. The largest absolute Gasteiger partial charge is 0.481 e. The van der Waals surface area contributed by atoms with E-state index in [9.17, 15) is 19.8 Å². The van der Waals surface area contributed by atoms with Crippen LogP contribution in [-0.4, -0.2) is 34.4 Å². The van der Waals surface area contributed by atoms with Crippen LogP contribution < -0.4 is 0 Å². The van der Waals surface area contributed by atoms with Crippen molar-refractivity contribution in [3.63, 3.8) is 0 Å². The Balaban J connectivity index is 1.38. The number of ether oxygens (including phenoxy) is 1. The summed E-state index contributed by atoms with van der Waals surface area (Å²) in [6.45, 7) is 16.3. The highest BCUT2D eigenvalue weighted by molar-refractivity contribution is 5.89. The number of hydrogen-bond donors (Lipinski definition) is 2. The molecule has 4 saturated carbocycles. The third kappa shape index (κ3) is 3.97. The first kappa shape index (κ1) is 29.9. The SMILES string of the molecule is CC1(C)CC[C@]2(C(=O)O)CC[C@]3(C)C(=CCC4[C@@]5(C)C[C@@H](OC(=O)c6ccccc6)[C@H](O)C(C)(C)C5CC[C@]43C)C2C1. The highest BCUT2D eigenvalue weighted by Crippen LogP contribution is 2.75. The van der Waals surface area contributed by atoms with Crippen molar-refractivity contribution in [3.05, 3.63) is 47.5 Å². The summed E-state index contributed by atoms with van der Waals surface area (Å²) in [6.07, 6.45) is 9.20. The first-order valence-electron chi connectivity index (χ1n) is 16.4. The van der Waals surface area contributed by atoms with Gasteiger partial charge in [-0.1, -0.05) is 78.3 Å². The summed E-state index contributed by atoms with van der Waals surface area (Å²) >= 11 is 0. The van der Waals surface area contributed by atoms with E-state index in [2.05, 4.69) is 54.5 Å². The van der Waals surface area contributed by atoms with Crippen molar-refractivity contribution in [1.82, 2.24) is 0 Å². The lowest BCUT2D eigenvalue weighted by molar-refractivity contribution is -0.231. The van der Waals surface area contributed by atoms with E-state index >= 15 is 0 Å². The molecule has 0 bridgehead atoms. The van der Waals surface area contributed by atoms with Gasteiger partial charge in [0.05, 0.1) is 17.1 Å². The predicted octanol–water partition coefficient (Wildman–Crippen LogP) is 8.07. The molecule has 5 heteroatoms. The number of hydrogen-bond acceptors (Lipinski definition) is 4. The summed E-state index contributed by atoms with van der Waals surface area (Å²) in [4.78, 5) is 26.1. The van der Waals surface area contributed by atoms with Crippen molar-refractivity contribution in [3.8, 4) is 0 Å². The van der Waals surface area contributed by atoms with Crippen LogP contribution in [0.5, 0.6) is 0 Å². The minimum Gasteiger partial charge on any atom is -0.481 e. The summed E-state index contributed by atoms with van der Waals surface area (Å²) in [6, 6.07) is 9.10. The van der Waals surface area contributed by atoms with Crippen LogP contribution in [0.25, 0.3) is 0 Å². The molecule has 5 nitrogen and oxygen atoms in total. The molecule has 9 atom stereocenters. The highest BCUT2D eigenvalue weighted by atomic mass is 16.6. The second-order valence-electron chi connectivity index (χ2n) is 17.0. The van der Waals surface area contributed by atoms with Crippen LogP contribution in [0, 0.1) is 50.2 Å². The Morgan fingerprint density at radius 1 is 0.857 bits per heavy atom. The second-order valence-corrected chi connectivity index (χ2v) is 17.0. The average Bonchev–Trinajstić information content (AvgIpc) is 2.92. The van der Waals surface area contributed by atoms with E-state index in [1.54, 1.807) is 12.1 Å². The molecule has 3 unspecified atom stereocenters. The number of fused-ring (bicyclic) bond motifs is 7. The van der Waals surface area contributed by atoms with Crippen LogP contribution in [-0.2, 0) is 9.53 Å². The molecular formula is C37H52O5. The number of benzene rings is 1. The van der Waals surface area contributed by atoms with Crippen LogP contribution in [0.4, 0.5) is 0 Å². The molecule has 0 spiro atoms. The molecule has 230 valence electrons. The first-order chi connectivity index (χ1) is 19.5. The van der Waals surface area contributed by atoms with Gasteiger partial charge in [0.25, 0.3) is 0 Å². The van der Waals surface area contributed by atoms with Gasteiger partial charge < -0.3 is 14.9 Å². The van der Waals surface area contributed by atoms with Crippen LogP contribution in [0.1, 0.15) is 117 Å². The van der Waals surface area contributed by atoms with Gasteiger partial charge in [0, 0.05) is 0 Å². The normalized spacial score (nSPS) is 45.2. The standard InChI is InChI=1S/C37H52O5/c1-32(2)17-19-37(31(40)41)20-18-35(6)24(25(37)21-32)13-14-28-34(5)22-26(42-30(39)23-11-9-8-10-12-23)29(38)33(3,4)27(34)15-16-36(28,35)7/h8-13,25-29,38H,14-22H2,1-7H3,(H,40,41)/t25?,26-,27?,28?,29+,34+,35-,36-,37+/m1/s1. The molecule has 0 radical (unpaired) electrons. The minimum absolute atomic E-state index is 0.000940. The molecule has 0 amide bonds. The van der Waals surface area contributed by atoms with Crippen molar-refractivity contribution in [2.45, 2.75) is 118 Å². The molecule has 1 aromatic carbocycles. The number of esters is 1. The summed E-state index contributed by atoms with van der Waals surface area (Å²) < 4.78 is 6.15. The van der Waals surface area contributed by atoms with E-state index < -0.39 is 29.0 Å². The van der Waals surface area contributed by atoms with Crippen molar-refractivity contribution < 1.29 is 24.5 Å². The van der Waals surface area contributed by atoms with E-state index in [1.165, 1.54) is 5.57 Å². The summed E-state index contributed by atoms with van der Waals surface area (Å²) in [5.74, 6) is -0.217. The van der Waals surface area contributed by atoms with E-state index in [1.807, 2.05) is 18.2 Å². The van der Waals surface area contributed by atoms with Crippen LogP contribution in [0.15, 0.2) is 42.0 Å². The topological polar surface area (TPSA) is 83.8 Å². The van der Waals surface area contributed by atoms with E-state index in [0.717, 1.165) is 51.4 Å². The number of carboxylic acid groups (broad SMARTS) is 1. The lowest BCUT2D eigenvalue weighted by Crippen LogP contribution is -2.67. The molecule has 0 aromatic heterocycles. The number of carbonyl (C=O) groups excluding carboxylic acids is 1. The molecule has 1 aromatic rings. The molecule has 2 N–H and O–H groups in total. The number of aliphatic carboxylic acids is 1. The number of allylic oxidation sites excluding steroid dienone is 2. The van der Waals surface area contributed by atoms with Gasteiger partial charge in [-0.05, 0) is 115 Å². The lowest BCUT2D eigenvalue weighted by Gasteiger charge is -2.71. The number of carbonyl (C=O) groups is 2. The zero-order chi connectivity index (χ0) is 30.5. The molecule has 42 heavy (non-hydrogen) atoms. The van der Waals surface area contributed by atoms with Gasteiger partial charge in [0.2, 0.25) is 0 Å². The molecule has 0 saturated heterocycles. The zero-order valence-corrected chi connectivity index (χ0v) is 26.8. The third-order valence-electron chi connectivity index (χ3n) is 14.3. The molecular weight excluding hydrogens is 524 g/mol.